The van der Waals surface area contributed by atoms with Gasteiger partial charge in [0.2, 0.25) is 5.91 Å². The first-order chi connectivity index (χ1) is 9.58. The SMILES string of the molecule is CC(C)CNC(=O)CNC1c2ccccc2OCC1C. The highest BCUT2D eigenvalue weighted by Gasteiger charge is 2.27. The molecule has 0 spiro atoms. The molecule has 20 heavy (non-hydrogen) atoms. The number of hydrogen-bond acceptors (Lipinski definition) is 3. The molecule has 0 aromatic heterocycles. The van der Waals surface area contributed by atoms with Crippen molar-refractivity contribution >= 4 is 5.91 Å². The molecule has 1 aliphatic rings. The highest BCUT2D eigenvalue weighted by molar-refractivity contribution is 5.78. The molecule has 110 valence electrons. The van der Waals surface area contributed by atoms with Crippen molar-refractivity contribution in [3.05, 3.63) is 29.8 Å². The van der Waals surface area contributed by atoms with Gasteiger partial charge < -0.3 is 15.4 Å². The number of ether oxygens (including phenoxy) is 1. The van der Waals surface area contributed by atoms with Crippen molar-refractivity contribution in [2.45, 2.75) is 26.8 Å². The fourth-order valence-electron chi connectivity index (χ4n) is 2.39. The van der Waals surface area contributed by atoms with E-state index in [4.69, 9.17) is 4.74 Å². The van der Waals surface area contributed by atoms with Gasteiger partial charge in [-0.15, -0.1) is 0 Å². The molecule has 0 saturated carbocycles. The average Bonchev–Trinajstić information content (AvgIpc) is 2.44. The molecule has 1 heterocycles. The third kappa shape index (κ3) is 3.73. The van der Waals surface area contributed by atoms with E-state index < -0.39 is 0 Å². The summed E-state index contributed by atoms with van der Waals surface area (Å²) in [4.78, 5) is 11.8. The Hall–Kier alpha value is -1.55. The molecular formula is C16H24N2O2. The van der Waals surface area contributed by atoms with E-state index in [1.165, 1.54) is 0 Å². The third-order valence-corrected chi connectivity index (χ3v) is 3.51. The van der Waals surface area contributed by atoms with Gasteiger partial charge in [-0.05, 0) is 12.0 Å². The lowest BCUT2D eigenvalue weighted by Gasteiger charge is -2.32. The molecule has 0 radical (unpaired) electrons. The smallest absolute Gasteiger partial charge is 0.233 e. The Bertz CT molecular complexity index is 460. The molecule has 1 amide bonds. The third-order valence-electron chi connectivity index (χ3n) is 3.51. The molecule has 4 heteroatoms. The van der Waals surface area contributed by atoms with Gasteiger partial charge in [0.05, 0.1) is 13.2 Å². The summed E-state index contributed by atoms with van der Waals surface area (Å²) in [6, 6.07) is 8.20. The topological polar surface area (TPSA) is 50.4 Å². The van der Waals surface area contributed by atoms with E-state index in [9.17, 15) is 4.79 Å². The van der Waals surface area contributed by atoms with Crippen molar-refractivity contribution in [2.75, 3.05) is 19.7 Å². The summed E-state index contributed by atoms with van der Waals surface area (Å²) in [6.45, 7) is 8.06. The summed E-state index contributed by atoms with van der Waals surface area (Å²) in [7, 11) is 0. The van der Waals surface area contributed by atoms with E-state index in [1.807, 2.05) is 18.2 Å². The Balaban J connectivity index is 1.93. The van der Waals surface area contributed by atoms with Crippen LogP contribution in [0.1, 0.15) is 32.4 Å². The van der Waals surface area contributed by atoms with Gasteiger partial charge in [-0.3, -0.25) is 4.79 Å². The Morgan fingerprint density at radius 2 is 2.15 bits per heavy atom. The summed E-state index contributed by atoms with van der Waals surface area (Å²) in [6.07, 6.45) is 0. The highest BCUT2D eigenvalue weighted by atomic mass is 16.5. The number of nitrogens with one attached hydrogen (secondary N) is 2. The van der Waals surface area contributed by atoms with Crippen LogP contribution in [0.15, 0.2) is 24.3 Å². The molecule has 0 saturated heterocycles. The molecule has 2 N–H and O–H groups in total. The number of carbonyl (C=O) groups is 1. The van der Waals surface area contributed by atoms with E-state index in [0.717, 1.165) is 17.9 Å². The summed E-state index contributed by atoms with van der Waals surface area (Å²) in [5, 5.41) is 6.29. The predicted octanol–water partition coefficient (Wildman–Crippen LogP) is 2.12. The van der Waals surface area contributed by atoms with Crippen LogP contribution in [0.5, 0.6) is 5.75 Å². The van der Waals surface area contributed by atoms with Crippen LogP contribution in [0, 0.1) is 11.8 Å². The van der Waals surface area contributed by atoms with Crippen LogP contribution >= 0.6 is 0 Å². The van der Waals surface area contributed by atoms with Crippen molar-refractivity contribution in [3.8, 4) is 5.75 Å². The van der Waals surface area contributed by atoms with Crippen molar-refractivity contribution in [1.82, 2.24) is 10.6 Å². The monoisotopic (exact) mass is 276 g/mol. The Morgan fingerprint density at radius 3 is 2.90 bits per heavy atom. The fourth-order valence-corrected chi connectivity index (χ4v) is 2.39. The molecule has 1 aliphatic heterocycles. The minimum atomic E-state index is 0.0508. The normalized spacial score (nSPS) is 21.2. The predicted molar refractivity (Wildman–Crippen MR) is 79.7 cm³/mol. The maximum atomic E-state index is 11.8. The van der Waals surface area contributed by atoms with Gasteiger partial charge in [-0.2, -0.15) is 0 Å². The lowest BCUT2D eigenvalue weighted by Crippen LogP contribution is -2.41. The zero-order chi connectivity index (χ0) is 14.5. The summed E-state index contributed by atoms with van der Waals surface area (Å²) >= 11 is 0. The van der Waals surface area contributed by atoms with Crippen molar-refractivity contribution in [2.24, 2.45) is 11.8 Å². The van der Waals surface area contributed by atoms with E-state index in [1.54, 1.807) is 0 Å². The molecular weight excluding hydrogens is 252 g/mol. The number of hydrogen-bond donors (Lipinski definition) is 2. The van der Waals surface area contributed by atoms with Crippen LogP contribution in [0.25, 0.3) is 0 Å². The second-order valence-corrected chi connectivity index (χ2v) is 5.88. The largest absolute Gasteiger partial charge is 0.493 e. The first-order valence-corrected chi connectivity index (χ1v) is 7.29. The number of carbonyl (C=O) groups excluding carboxylic acids is 1. The van der Waals surface area contributed by atoms with Gasteiger partial charge >= 0.3 is 0 Å². The van der Waals surface area contributed by atoms with Gasteiger partial charge in [-0.25, -0.2) is 0 Å². The van der Waals surface area contributed by atoms with E-state index >= 15 is 0 Å². The molecule has 2 unspecified atom stereocenters. The molecule has 0 bridgehead atoms. The minimum absolute atomic E-state index is 0.0508. The van der Waals surface area contributed by atoms with Gasteiger partial charge in [0.15, 0.2) is 0 Å². The quantitative estimate of drug-likeness (QED) is 0.866. The maximum Gasteiger partial charge on any atom is 0.233 e. The number of amides is 1. The van der Waals surface area contributed by atoms with Gasteiger partial charge in [0.1, 0.15) is 5.75 Å². The molecule has 0 aliphatic carbocycles. The summed E-state index contributed by atoms with van der Waals surface area (Å²) in [5.74, 6) is 1.80. The molecule has 1 aromatic carbocycles. The number of rotatable bonds is 5. The Kier molecular flexibility index (Phi) is 5.01. The number of para-hydroxylation sites is 1. The molecule has 0 fully saturated rings. The molecule has 2 rings (SSSR count). The second-order valence-electron chi connectivity index (χ2n) is 5.88. The zero-order valence-corrected chi connectivity index (χ0v) is 12.5. The van der Waals surface area contributed by atoms with Gasteiger partial charge in [0.25, 0.3) is 0 Å². The first-order valence-electron chi connectivity index (χ1n) is 7.29. The second kappa shape index (κ2) is 6.75. The Morgan fingerprint density at radius 1 is 1.40 bits per heavy atom. The number of fused-ring (bicyclic) bond motifs is 1. The van der Waals surface area contributed by atoms with Crippen molar-refractivity contribution in [3.63, 3.8) is 0 Å². The minimum Gasteiger partial charge on any atom is -0.493 e. The highest BCUT2D eigenvalue weighted by Crippen LogP contribution is 2.34. The molecule has 4 nitrogen and oxygen atoms in total. The van der Waals surface area contributed by atoms with Crippen LogP contribution in [0.3, 0.4) is 0 Å². The van der Waals surface area contributed by atoms with E-state index in [-0.39, 0.29) is 11.9 Å². The summed E-state index contributed by atoms with van der Waals surface area (Å²) < 4.78 is 5.71. The first kappa shape index (κ1) is 14.9. The zero-order valence-electron chi connectivity index (χ0n) is 12.5. The van der Waals surface area contributed by atoms with Crippen LogP contribution in [0.4, 0.5) is 0 Å². The van der Waals surface area contributed by atoms with Gasteiger partial charge in [0, 0.05) is 24.1 Å². The Labute approximate surface area is 120 Å². The summed E-state index contributed by atoms with van der Waals surface area (Å²) in [5.41, 5.74) is 1.14. The van der Waals surface area contributed by atoms with Gasteiger partial charge in [-0.1, -0.05) is 39.0 Å². The van der Waals surface area contributed by atoms with Crippen LogP contribution in [0.2, 0.25) is 0 Å². The lowest BCUT2D eigenvalue weighted by molar-refractivity contribution is -0.120. The average molecular weight is 276 g/mol. The van der Waals surface area contributed by atoms with Crippen LogP contribution in [-0.2, 0) is 4.79 Å². The maximum absolute atomic E-state index is 11.8. The van der Waals surface area contributed by atoms with E-state index in [0.29, 0.717) is 25.0 Å². The molecule has 2 atom stereocenters. The number of benzene rings is 1. The lowest BCUT2D eigenvalue weighted by atomic mass is 9.92. The standard InChI is InChI=1S/C16H24N2O2/c1-11(2)8-17-15(19)9-18-16-12(3)10-20-14-7-5-4-6-13(14)16/h4-7,11-12,16,18H,8-10H2,1-3H3,(H,17,19). The van der Waals surface area contributed by atoms with Crippen molar-refractivity contribution < 1.29 is 9.53 Å². The molecule has 1 aromatic rings. The fraction of sp³-hybridized carbons (Fsp3) is 0.562. The van der Waals surface area contributed by atoms with Crippen molar-refractivity contribution in [1.29, 1.82) is 0 Å². The van der Waals surface area contributed by atoms with Crippen LogP contribution in [-0.4, -0.2) is 25.6 Å². The van der Waals surface area contributed by atoms with E-state index in [2.05, 4.69) is 37.5 Å². The van der Waals surface area contributed by atoms with Crippen LogP contribution < -0.4 is 15.4 Å².